The first-order chi connectivity index (χ1) is 16.3. The molecule has 200 valence electrons. The van der Waals surface area contributed by atoms with E-state index in [1.807, 2.05) is 26.0 Å². The van der Waals surface area contributed by atoms with Gasteiger partial charge in [-0.1, -0.05) is 82.2 Å². The zero-order valence-electron chi connectivity index (χ0n) is 23.4. The summed E-state index contributed by atoms with van der Waals surface area (Å²) in [6.07, 6.45) is 18.0. The smallest absolute Gasteiger partial charge is 0.135 e. The number of hydrogen-bond donors (Lipinski definition) is 3. The van der Waals surface area contributed by atoms with Crippen molar-refractivity contribution in [2.45, 2.75) is 125 Å². The molecular formula is C29H55NO4. The number of Topliss-reactive ketones (excluding diaryl/α,β-unsaturated/α-hetero) is 1. The average Bonchev–Trinajstić information content (AvgIpc) is 2.83. The van der Waals surface area contributed by atoms with Gasteiger partial charge in [-0.25, -0.2) is 0 Å². The molecule has 0 aliphatic carbocycles. The first kappa shape index (κ1) is 37.0. The van der Waals surface area contributed by atoms with Crippen LogP contribution in [0.1, 0.15) is 106 Å². The summed E-state index contributed by atoms with van der Waals surface area (Å²) < 4.78 is 0. The molecule has 1 fully saturated rings. The molecule has 1 heterocycles. The van der Waals surface area contributed by atoms with E-state index in [9.17, 15) is 9.90 Å². The third-order valence-corrected chi connectivity index (χ3v) is 4.77. The molecule has 0 aromatic carbocycles. The van der Waals surface area contributed by atoms with Crippen LogP contribution in [0.5, 0.6) is 0 Å². The molecule has 0 aromatic heterocycles. The van der Waals surface area contributed by atoms with Crippen LogP contribution in [0, 0.1) is 0 Å². The van der Waals surface area contributed by atoms with E-state index in [-0.39, 0.29) is 12.2 Å². The number of carbonyl (C=O) groups is 1. The van der Waals surface area contributed by atoms with Crippen molar-refractivity contribution in [3.05, 3.63) is 48.1 Å². The number of unbranched alkanes of at least 4 members (excludes halogenated alkanes) is 1. The quantitative estimate of drug-likeness (QED) is 0.159. The Kier molecular flexibility index (Phi) is 30.2. The van der Waals surface area contributed by atoms with Crippen LogP contribution in [0.4, 0.5) is 0 Å². The van der Waals surface area contributed by atoms with E-state index in [0.717, 1.165) is 39.2 Å². The lowest BCUT2D eigenvalue weighted by atomic mass is 10.0. The molecule has 34 heavy (non-hydrogen) atoms. The molecule has 0 spiro atoms. The van der Waals surface area contributed by atoms with Crippen LogP contribution >= 0.6 is 0 Å². The van der Waals surface area contributed by atoms with Crippen molar-refractivity contribution < 1.29 is 19.8 Å². The van der Waals surface area contributed by atoms with Gasteiger partial charge in [0.15, 0.2) is 0 Å². The van der Waals surface area contributed by atoms with Gasteiger partial charge in [-0.3, -0.25) is 9.63 Å². The summed E-state index contributed by atoms with van der Waals surface area (Å²) >= 11 is 0. The number of allylic oxidation sites excluding steroid dienone is 6. The molecule has 0 aromatic rings. The van der Waals surface area contributed by atoms with Crippen molar-refractivity contribution >= 4 is 5.78 Å². The van der Waals surface area contributed by atoms with Gasteiger partial charge in [0.05, 0.1) is 12.2 Å². The van der Waals surface area contributed by atoms with Gasteiger partial charge in [-0.15, -0.1) is 0 Å². The van der Waals surface area contributed by atoms with E-state index in [1.165, 1.54) is 18.4 Å². The van der Waals surface area contributed by atoms with Crippen LogP contribution in [0.3, 0.4) is 0 Å². The Labute approximate surface area is 211 Å². The van der Waals surface area contributed by atoms with Crippen molar-refractivity contribution in [2.75, 3.05) is 7.11 Å². The lowest BCUT2D eigenvalue weighted by Crippen LogP contribution is -2.37. The van der Waals surface area contributed by atoms with Crippen molar-refractivity contribution in [1.29, 1.82) is 0 Å². The van der Waals surface area contributed by atoms with Crippen molar-refractivity contribution in [3.8, 4) is 0 Å². The fourth-order valence-corrected chi connectivity index (χ4v) is 2.81. The molecule has 3 unspecified atom stereocenters. The monoisotopic (exact) mass is 481 g/mol. The molecule has 0 amide bonds. The third-order valence-electron chi connectivity index (χ3n) is 4.77. The normalized spacial score (nSPS) is 18.7. The summed E-state index contributed by atoms with van der Waals surface area (Å²) in [7, 11) is 1.00. The number of aliphatic hydroxyl groups is 2. The van der Waals surface area contributed by atoms with Gasteiger partial charge in [0.25, 0.3) is 0 Å². The highest BCUT2D eigenvalue weighted by Gasteiger charge is 2.17. The van der Waals surface area contributed by atoms with E-state index in [0.29, 0.717) is 24.1 Å². The summed E-state index contributed by atoms with van der Waals surface area (Å²) in [4.78, 5) is 17.3. The van der Waals surface area contributed by atoms with E-state index in [2.05, 4.69) is 58.0 Å². The Balaban J connectivity index is -0.00000124. The highest BCUT2D eigenvalue weighted by Crippen LogP contribution is 2.18. The van der Waals surface area contributed by atoms with E-state index >= 15 is 0 Å². The number of hydrogen-bond acceptors (Lipinski definition) is 5. The minimum atomic E-state index is -0.699. The molecule has 3 N–H and O–H groups in total. The van der Waals surface area contributed by atoms with Gasteiger partial charge < -0.3 is 10.2 Å². The summed E-state index contributed by atoms with van der Waals surface area (Å²) in [5.41, 5.74) is 5.07. The highest BCUT2D eigenvalue weighted by atomic mass is 16.7. The van der Waals surface area contributed by atoms with Crippen molar-refractivity contribution in [3.63, 3.8) is 0 Å². The Morgan fingerprint density at radius 2 is 1.74 bits per heavy atom. The molecule has 5 heteroatoms. The standard InChI is InChI=1S/C23H37NO3.C3H8.C2H6.CH4O/c1-18(2)23(26)17-21(25)12-10-8-6-5-7-9-11-19(3)13-15-22-16-14-20(4)24-27-22;1-3-2;2*1-2/h5-7,9,11,20,22-24,26H,1,8,10,12-17H2,2-4H3;3H2,1-2H3;1-2H3;2H,1H3/b6-5+,9-7+,19-11+;;;. The van der Waals surface area contributed by atoms with Gasteiger partial charge in [0.1, 0.15) is 5.78 Å². The Morgan fingerprint density at radius 3 is 2.26 bits per heavy atom. The zero-order chi connectivity index (χ0) is 26.8. The van der Waals surface area contributed by atoms with Crippen molar-refractivity contribution in [1.82, 2.24) is 5.48 Å². The van der Waals surface area contributed by atoms with Gasteiger partial charge in [-0.05, 0) is 59.3 Å². The topological polar surface area (TPSA) is 78.8 Å². The maximum atomic E-state index is 11.7. The predicted molar refractivity (Wildman–Crippen MR) is 148 cm³/mol. The molecular weight excluding hydrogens is 426 g/mol. The average molecular weight is 482 g/mol. The van der Waals surface area contributed by atoms with Crippen LogP contribution in [0.15, 0.2) is 48.1 Å². The molecule has 0 radical (unpaired) electrons. The highest BCUT2D eigenvalue weighted by molar-refractivity contribution is 5.79. The predicted octanol–water partition coefficient (Wildman–Crippen LogP) is 7.01. The molecule has 0 saturated carbocycles. The number of nitrogens with one attached hydrogen (secondary N) is 1. The maximum absolute atomic E-state index is 11.7. The molecule has 3 atom stereocenters. The SMILES string of the molecule is C=C(C)C(O)CC(=O)CCC/C=C/C=C/C=C(\C)CCC1CCC(C)NO1.CC.CCC.CO. The second-order valence-electron chi connectivity index (χ2n) is 8.41. The maximum Gasteiger partial charge on any atom is 0.135 e. The Bertz CT molecular complexity index is 558. The van der Waals surface area contributed by atoms with E-state index < -0.39 is 6.10 Å². The zero-order valence-corrected chi connectivity index (χ0v) is 23.4. The fourth-order valence-electron chi connectivity index (χ4n) is 2.81. The molecule has 5 nitrogen and oxygen atoms in total. The molecule has 0 bridgehead atoms. The summed E-state index contributed by atoms with van der Waals surface area (Å²) in [6, 6.07) is 0.466. The molecule has 1 rings (SSSR count). The van der Waals surface area contributed by atoms with Gasteiger partial charge in [0.2, 0.25) is 0 Å². The van der Waals surface area contributed by atoms with E-state index in [4.69, 9.17) is 9.94 Å². The first-order valence-electron chi connectivity index (χ1n) is 13.0. The summed E-state index contributed by atoms with van der Waals surface area (Å²) in [6.45, 7) is 17.9. The van der Waals surface area contributed by atoms with Crippen LogP contribution in [0.2, 0.25) is 0 Å². The van der Waals surface area contributed by atoms with Crippen LogP contribution in [-0.4, -0.2) is 41.4 Å². The van der Waals surface area contributed by atoms with Crippen LogP contribution in [-0.2, 0) is 9.63 Å². The largest absolute Gasteiger partial charge is 0.400 e. The lowest BCUT2D eigenvalue weighted by Gasteiger charge is -2.27. The first-order valence-corrected chi connectivity index (χ1v) is 13.0. The van der Waals surface area contributed by atoms with Gasteiger partial charge in [-0.2, -0.15) is 5.48 Å². The molecule has 1 aliphatic heterocycles. The summed E-state index contributed by atoms with van der Waals surface area (Å²) in [5.74, 6) is 0.0969. The number of carbonyl (C=O) groups excluding carboxylic acids is 1. The number of hydroxylamine groups is 1. The van der Waals surface area contributed by atoms with Crippen LogP contribution in [0.25, 0.3) is 0 Å². The number of ketones is 1. The van der Waals surface area contributed by atoms with Crippen molar-refractivity contribution in [2.24, 2.45) is 0 Å². The summed E-state index contributed by atoms with van der Waals surface area (Å²) in [5, 5.41) is 16.6. The van der Waals surface area contributed by atoms with Gasteiger partial charge in [0, 0.05) is 26.0 Å². The van der Waals surface area contributed by atoms with Gasteiger partial charge >= 0.3 is 0 Å². The fraction of sp³-hybridized carbons (Fsp3) is 0.690. The Hall–Kier alpha value is -1.53. The third kappa shape index (κ3) is 25.1. The molecule has 1 aliphatic rings. The second kappa shape index (κ2) is 27.7. The minimum absolute atomic E-state index is 0.0969. The second-order valence-corrected chi connectivity index (χ2v) is 8.41. The van der Waals surface area contributed by atoms with Crippen LogP contribution < -0.4 is 5.48 Å². The van der Waals surface area contributed by atoms with E-state index in [1.54, 1.807) is 6.92 Å². The minimum Gasteiger partial charge on any atom is -0.400 e. The number of rotatable bonds is 12. The lowest BCUT2D eigenvalue weighted by molar-refractivity contribution is -0.120. The Morgan fingerprint density at radius 1 is 1.12 bits per heavy atom. The number of aliphatic hydroxyl groups excluding tert-OH is 2. The molecule has 1 saturated heterocycles.